The highest BCUT2D eigenvalue weighted by atomic mass is 16.5. The van der Waals surface area contributed by atoms with Gasteiger partial charge in [-0.2, -0.15) is 0 Å². The monoisotopic (exact) mass is 244 g/mol. The van der Waals surface area contributed by atoms with Crippen LogP contribution in [0.1, 0.15) is 20.3 Å². The summed E-state index contributed by atoms with van der Waals surface area (Å²) < 4.78 is 5.32. The number of ether oxygens (including phenoxy) is 1. The van der Waals surface area contributed by atoms with Gasteiger partial charge in [-0.05, 0) is 26.0 Å². The molecule has 4 nitrogen and oxygen atoms in total. The predicted octanol–water partition coefficient (Wildman–Crippen LogP) is 2.52. The Morgan fingerprint density at radius 2 is 2.11 bits per heavy atom. The van der Waals surface area contributed by atoms with Crippen molar-refractivity contribution in [2.45, 2.75) is 32.4 Å². The Labute approximate surface area is 106 Å². The molecule has 1 aromatic rings. The van der Waals surface area contributed by atoms with Crippen molar-refractivity contribution in [2.24, 2.45) is 10.9 Å². The highest BCUT2D eigenvalue weighted by Crippen LogP contribution is 2.34. The molecular formula is C14H16N2O2. The number of carbonyl (C=O) groups excluding carboxylic acids is 1. The molecule has 3 atom stereocenters. The number of hydrogen-bond acceptors (Lipinski definition) is 4. The van der Waals surface area contributed by atoms with Crippen molar-refractivity contribution >= 4 is 23.1 Å². The number of nitrogens with zero attached hydrogens (tertiary/aromatic N) is 1. The Morgan fingerprint density at radius 3 is 2.94 bits per heavy atom. The summed E-state index contributed by atoms with van der Waals surface area (Å²) in [6, 6.07) is 7.89. The smallest absolute Gasteiger partial charge is 0.317 e. The molecule has 0 aromatic heterocycles. The molecule has 2 aliphatic rings. The molecule has 1 aromatic carbocycles. The lowest BCUT2D eigenvalue weighted by Gasteiger charge is -2.30. The fraction of sp³-hybridized carbons (Fsp3) is 0.429. The van der Waals surface area contributed by atoms with E-state index in [-0.39, 0.29) is 24.0 Å². The van der Waals surface area contributed by atoms with Crippen molar-refractivity contribution in [3.8, 4) is 0 Å². The minimum atomic E-state index is -0.270. The van der Waals surface area contributed by atoms with E-state index in [9.17, 15) is 4.79 Å². The first-order valence-electron chi connectivity index (χ1n) is 6.28. The van der Waals surface area contributed by atoms with Crippen LogP contribution in [0.5, 0.6) is 0 Å². The Kier molecular flexibility index (Phi) is 2.58. The number of carbonyl (C=O) groups is 1. The van der Waals surface area contributed by atoms with Gasteiger partial charge in [0.2, 0.25) is 0 Å². The number of nitrogens with one attached hydrogen (secondary N) is 1. The van der Waals surface area contributed by atoms with E-state index in [0.717, 1.165) is 23.5 Å². The highest BCUT2D eigenvalue weighted by molar-refractivity contribution is 6.07. The van der Waals surface area contributed by atoms with Gasteiger partial charge in [-0.1, -0.05) is 12.1 Å². The molecule has 1 fully saturated rings. The molecule has 3 unspecified atom stereocenters. The number of rotatable bonds is 0. The molecule has 0 bridgehead atoms. The molecular weight excluding hydrogens is 228 g/mol. The molecule has 1 saturated heterocycles. The minimum Gasteiger partial charge on any atom is -0.462 e. The van der Waals surface area contributed by atoms with E-state index in [4.69, 9.17) is 4.74 Å². The number of hydrogen-bond donors (Lipinski definition) is 1. The maximum absolute atomic E-state index is 12.0. The van der Waals surface area contributed by atoms with E-state index in [0.29, 0.717) is 0 Å². The molecule has 94 valence electrons. The molecule has 2 aliphatic heterocycles. The van der Waals surface area contributed by atoms with Gasteiger partial charge in [-0.25, -0.2) is 0 Å². The first kappa shape index (κ1) is 11.3. The van der Waals surface area contributed by atoms with Crippen LogP contribution in [-0.4, -0.2) is 23.8 Å². The standard InChI is InChI=1S/C14H16N2O2/c1-8-7-12-13(14(17)18-8)9(2)15-10-5-3-4-6-11(10)16-12/h3-6,8-9,13,15H,7H2,1-2H3. The van der Waals surface area contributed by atoms with Gasteiger partial charge in [0.15, 0.2) is 0 Å². The molecule has 0 amide bonds. The maximum Gasteiger partial charge on any atom is 0.317 e. The Balaban J connectivity index is 2.08. The van der Waals surface area contributed by atoms with Gasteiger partial charge in [-0.3, -0.25) is 9.79 Å². The summed E-state index contributed by atoms with van der Waals surface area (Å²) >= 11 is 0. The minimum absolute atomic E-state index is 0.00685. The van der Waals surface area contributed by atoms with Gasteiger partial charge >= 0.3 is 5.97 Å². The fourth-order valence-corrected chi connectivity index (χ4v) is 2.66. The summed E-state index contributed by atoms with van der Waals surface area (Å²) in [6.45, 7) is 3.91. The Hall–Kier alpha value is -1.84. The molecule has 0 saturated carbocycles. The van der Waals surface area contributed by atoms with E-state index < -0.39 is 0 Å². The summed E-state index contributed by atoms with van der Waals surface area (Å²) in [5, 5.41) is 3.35. The Morgan fingerprint density at radius 1 is 1.33 bits per heavy atom. The van der Waals surface area contributed by atoms with Crippen LogP contribution >= 0.6 is 0 Å². The van der Waals surface area contributed by atoms with Crippen molar-refractivity contribution < 1.29 is 9.53 Å². The summed E-state index contributed by atoms with van der Waals surface area (Å²) in [4.78, 5) is 16.7. The van der Waals surface area contributed by atoms with Crippen molar-refractivity contribution in [3.63, 3.8) is 0 Å². The summed E-state index contributed by atoms with van der Waals surface area (Å²) in [5.41, 5.74) is 2.82. The van der Waals surface area contributed by atoms with E-state index in [1.807, 2.05) is 38.1 Å². The molecule has 1 N–H and O–H groups in total. The van der Waals surface area contributed by atoms with Crippen LogP contribution in [0.25, 0.3) is 0 Å². The van der Waals surface area contributed by atoms with Crippen LogP contribution in [-0.2, 0) is 9.53 Å². The third-order valence-electron chi connectivity index (χ3n) is 3.48. The number of cyclic esters (lactones) is 1. The SMILES string of the molecule is CC1CC2=Nc3ccccc3NC(C)C2C(=O)O1. The first-order valence-corrected chi connectivity index (χ1v) is 6.28. The number of aliphatic imine (C=N–C) groups is 1. The second kappa shape index (κ2) is 4.12. The van der Waals surface area contributed by atoms with Crippen molar-refractivity contribution in [2.75, 3.05) is 5.32 Å². The zero-order chi connectivity index (χ0) is 12.7. The predicted molar refractivity (Wildman–Crippen MR) is 70.3 cm³/mol. The van der Waals surface area contributed by atoms with E-state index in [2.05, 4.69) is 10.3 Å². The third-order valence-corrected chi connectivity index (χ3v) is 3.48. The first-order chi connectivity index (χ1) is 8.65. The van der Waals surface area contributed by atoms with Crippen LogP contribution in [0.3, 0.4) is 0 Å². The molecule has 2 heterocycles. The fourth-order valence-electron chi connectivity index (χ4n) is 2.66. The zero-order valence-corrected chi connectivity index (χ0v) is 10.5. The molecule has 0 radical (unpaired) electrons. The lowest BCUT2D eigenvalue weighted by atomic mass is 9.90. The summed E-state index contributed by atoms with van der Waals surface area (Å²) in [5.74, 6) is -0.436. The van der Waals surface area contributed by atoms with Crippen molar-refractivity contribution in [1.82, 2.24) is 0 Å². The molecule has 3 rings (SSSR count). The average molecular weight is 244 g/mol. The highest BCUT2D eigenvalue weighted by Gasteiger charge is 2.39. The second-order valence-electron chi connectivity index (χ2n) is 4.98. The summed E-state index contributed by atoms with van der Waals surface area (Å²) in [7, 11) is 0. The van der Waals surface area contributed by atoms with Gasteiger partial charge in [0.25, 0.3) is 0 Å². The van der Waals surface area contributed by atoms with E-state index in [1.165, 1.54) is 0 Å². The molecule has 0 aliphatic carbocycles. The van der Waals surface area contributed by atoms with Crippen LogP contribution in [0.4, 0.5) is 11.4 Å². The molecule has 18 heavy (non-hydrogen) atoms. The topological polar surface area (TPSA) is 50.7 Å². The van der Waals surface area contributed by atoms with Crippen molar-refractivity contribution in [1.29, 1.82) is 0 Å². The third kappa shape index (κ3) is 1.78. The van der Waals surface area contributed by atoms with E-state index >= 15 is 0 Å². The Bertz CT molecular complexity index is 524. The lowest BCUT2D eigenvalue weighted by molar-refractivity contribution is -0.152. The number of anilines is 1. The lowest BCUT2D eigenvalue weighted by Crippen LogP contribution is -2.44. The van der Waals surface area contributed by atoms with Crippen LogP contribution in [0.15, 0.2) is 29.3 Å². The zero-order valence-electron chi connectivity index (χ0n) is 10.5. The average Bonchev–Trinajstić information content (AvgIpc) is 2.43. The quantitative estimate of drug-likeness (QED) is 0.713. The molecule has 4 heteroatoms. The normalized spacial score (nSPS) is 30.2. The van der Waals surface area contributed by atoms with Gasteiger partial charge in [0, 0.05) is 18.2 Å². The van der Waals surface area contributed by atoms with Crippen LogP contribution in [0.2, 0.25) is 0 Å². The van der Waals surface area contributed by atoms with E-state index in [1.54, 1.807) is 0 Å². The van der Waals surface area contributed by atoms with Gasteiger partial charge < -0.3 is 10.1 Å². The second-order valence-corrected chi connectivity index (χ2v) is 4.98. The van der Waals surface area contributed by atoms with Crippen LogP contribution in [0, 0.1) is 5.92 Å². The number of esters is 1. The van der Waals surface area contributed by atoms with Gasteiger partial charge in [0.05, 0.1) is 11.4 Å². The van der Waals surface area contributed by atoms with Gasteiger partial charge in [0.1, 0.15) is 12.0 Å². The summed E-state index contributed by atoms with van der Waals surface area (Å²) in [6.07, 6.45) is 0.640. The number of fused-ring (bicyclic) bond motifs is 2. The van der Waals surface area contributed by atoms with Gasteiger partial charge in [-0.15, -0.1) is 0 Å². The maximum atomic E-state index is 12.0. The molecule has 0 spiro atoms. The number of benzene rings is 1. The number of para-hydroxylation sites is 2. The van der Waals surface area contributed by atoms with Crippen LogP contribution < -0.4 is 5.32 Å². The van der Waals surface area contributed by atoms with Crippen molar-refractivity contribution in [3.05, 3.63) is 24.3 Å². The largest absolute Gasteiger partial charge is 0.462 e.